The average Bonchev–Trinajstić information content (AvgIpc) is 2.99. The Morgan fingerprint density at radius 1 is 1.61 bits per heavy atom. The molecule has 5 nitrogen and oxygen atoms in total. The van der Waals surface area contributed by atoms with E-state index in [4.69, 9.17) is 10.2 Å². The van der Waals surface area contributed by atoms with Gasteiger partial charge in [0, 0.05) is 38.5 Å². The summed E-state index contributed by atoms with van der Waals surface area (Å²) in [5.74, 6) is 1.27. The Morgan fingerprint density at radius 3 is 3.00 bits per heavy atom. The highest BCUT2D eigenvalue weighted by Crippen LogP contribution is 2.19. The molecule has 2 heterocycles. The zero-order valence-electron chi connectivity index (χ0n) is 10.4. The quantitative estimate of drug-likeness (QED) is 0.760. The summed E-state index contributed by atoms with van der Waals surface area (Å²) in [6.07, 6.45) is 2.81. The van der Waals surface area contributed by atoms with Gasteiger partial charge in [-0.05, 0) is 24.6 Å². The second-order valence-corrected chi connectivity index (χ2v) is 4.94. The number of nitrogens with zero attached hydrogens (tertiary/aromatic N) is 1. The number of amides is 1. The van der Waals surface area contributed by atoms with Gasteiger partial charge in [0.15, 0.2) is 0 Å². The van der Waals surface area contributed by atoms with Gasteiger partial charge < -0.3 is 20.2 Å². The van der Waals surface area contributed by atoms with Crippen molar-refractivity contribution in [3.8, 4) is 0 Å². The Labute approximate surface area is 107 Å². The molecule has 0 spiro atoms. The Balaban J connectivity index is 1.88. The summed E-state index contributed by atoms with van der Waals surface area (Å²) in [6, 6.07) is 3.71. The number of carbonyl (C=O) groups excluding carboxylic acids is 1. The Bertz CT molecular complexity index is 378. The molecule has 0 aliphatic carbocycles. The molecule has 3 N–H and O–H groups in total. The minimum absolute atomic E-state index is 0.0247. The number of hydrogen-bond acceptors (Lipinski definition) is 4. The lowest BCUT2D eigenvalue weighted by molar-refractivity contribution is -0.128. The van der Waals surface area contributed by atoms with Crippen LogP contribution in [0.5, 0.6) is 0 Å². The highest BCUT2D eigenvalue weighted by Gasteiger charge is 2.30. The maximum absolute atomic E-state index is 11.8. The van der Waals surface area contributed by atoms with E-state index < -0.39 is 0 Å². The van der Waals surface area contributed by atoms with Gasteiger partial charge in [-0.2, -0.15) is 0 Å². The molecule has 1 amide bonds. The summed E-state index contributed by atoms with van der Waals surface area (Å²) >= 11 is 0. The van der Waals surface area contributed by atoms with Crippen molar-refractivity contribution in [1.82, 2.24) is 4.90 Å². The number of aliphatic hydroxyl groups is 1. The summed E-state index contributed by atoms with van der Waals surface area (Å²) in [5.41, 5.74) is 5.59. The van der Waals surface area contributed by atoms with Gasteiger partial charge in [0.05, 0.1) is 6.26 Å². The van der Waals surface area contributed by atoms with Gasteiger partial charge >= 0.3 is 0 Å². The monoisotopic (exact) mass is 252 g/mol. The standard InChI is InChI=1S/C13H20N2O3/c14-6-10-5-13(17)15(7-10)8-11(9-16)4-12-2-1-3-18-12/h1-3,10-11,16H,4-9,14H2. The van der Waals surface area contributed by atoms with Gasteiger partial charge in [-0.15, -0.1) is 0 Å². The number of hydrogen-bond donors (Lipinski definition) is 2. The van der Waals surface area contributed by atoms with Gasteiger partial charge in [0.2, 0.25) is 5.91 Å². The van der Waals surface area contributed by atoms with E-state index in [0.29, 0.717) is 32.5 Å². The van der Waals surface area contributed by atoms with E-state index in [2.05, 4.69) is 0 Å². The smallest absolute Gasteiger partial charge is 0.222 e. The normalized spacial score (nSPS) is 21.6. The first-order valence-electron chi connectivity index (χ1n) is 6.34. The minimum Gasteiger partial charge on any atom is -0.469 e. The van der Waals surface area contributed by atoms with Crippen molar-refractivity contribution in [2.45, 2.75) is 12.8 Å². The number of likely N-dealkylation sites (tertiary alicyclic amines) is 1. The Kier molecular flexibility index (Phi) is 4.38. The number of aliphatic hydroxyl groups excluding tert-OH is 1. The fourth-order valence-corrected chi connectivity index (χ4v) is 2.40. The molecular formula is C13H20N2O3. The van der Waals surface area contributed by atoms with Crippen LogP contribution in [0.15, 0.2) is 22.8 Å². The van der Waals surface area contributed by atoms with Crippen molar-refractivity contribution < 1.29 is 14.3 Å². The van der Waals surface area contributed by atoms with Gasteiger partial charge in [-0.1, -0.05) is 0 Å². The molecule has 1 aromatic heterocycles. The summed E-state index contributed by atoms with van der Waals surface area (Å²) < 4.78 is 5.26. The number of carbonyl (C=O) groups is 1. The van der Waals surface area contributed by atoms with Crippen molar-refractivity contribution in [2.24, 2.45) is 17.6 Å². The fourth-order valence-electron chi connectivity index (χ4n) is 2.40. The first-order valence-corrected chi connectivity index (χ1v) is 6.34. The number of nitrogens with two attached hydrogens (primary N) is 1. The van der Waals surface area contributed by atoms with E-state index in [9.17, 15) is 9.90 Å². The fraction of sp³-hybridized carbons (Fsp3) is 0.615. The van der Waals surface area contributed by atoms with Crippen molar-refractivity contribution in [3.05, 3.63) is 24.2 Å². The number of furan rings is 1. The molecule has 1 aliphatic heterocycles. The first-order chi connectivity index (χ1) is 8.72. The molecule has 2 atom stereocenters. The molecule has 0 radical (unpaired) electrons. The lowest BCUT2D eigenvalue weighted by atomic mass is 10.0. The van der Waals surface area contributed by atoms with Crippen molar-refractivity contribution >= 4 is 5.91 Å². The van der Waals surface area contributed by atoms with Crippen LogP contribution < -0.4 is 5.73 Å². The third-order valence-corrected chi connectivity index (χ3v) is 3.43. The summed E-state index contributed by atoms with van der Waals surface area (Å²) in [6.45, 7) is 1.89. The summed E-state index contributed by atoms with van der Waals surface area (Å²) in [4.78, 5) is 13.6. The number of rotatable bonds is 6. The SMILES string of the molecule is NCC1CC(=O)N(CC(CO)Cc2ccco2)C1. The molecule has 0 saturated carbocycles. The first kappa shape index (κ1) is 13.1. The molecule has 100 valence electrons. The van der Waals surface area contributed by atoms with Crippen LogP contribution in [0.1, 0.15) is 12.2 Å². The Hall–Kier alpha value is -1.33. The molecule has 1 saturated heterocycles. The maximum atomic E-state index is 11.8. The molecule has 2 unspecified atom stereocenters. The molecule has 1 aliphatic rings. The molecule has 18 heavy (non-hydrogen) atoms. The Morgan fingerprint density at radius 2 is 2.44 bits per heavy atom. The van der Waals surface area contributed by atoms with E-state index in [0.717, 1.165) is 5.76 Å². The van der Waals surface area contributed by atoms with Crippen molar-refractivity contribution in [1.29, 1.82) is 0 Å². The van der Waals surface area contributed by atoms with Gasteiger partial charge in [-0.3, -0.25) is 4.79 Å². The predicted octanol–water partition coefficient (Wildman–Crippen LogP) is 0.238. The maximum Gasteiger partial charge on any atom is 0.222 e. The van der Waals surface area contributed by atoms with Crippen LogP contribution in [0.2, 0.25) is 0 Å². The van der Waals surface area contributed by atoms with Gasteiger partial charge in [0.25, 0.3) is 0 Å². The van der Waals surface area contributed by atoms with Crippen LogP contribution in [-0.4, -0.2) is 42.2 Å². The van der Waals surface area contributed by atoms with Gasteiger partial charge in [0.1, 0.15) is 5.76 Å². The van der Waals surface area contributed by atoms with Crippen molar-refractivity contribution in [3.63, 3.8) is 0 Å². The van der Waals surface area contributed by atoms with E-state index in [1.807, 2.05) is 12.1 Å². The molecule has 0 aromatic carbocycles. The van der Waals surface area contributed by atoms with Crippen LogP contribution in [0.3, 0.4) is 0 Å². The topological polar surface area (TPSA) is 79.7 Å². The second-order valence-electron chi connectivity index (χ2n) is 4.94. The largest absolute Gasteiger partial charge is 0.469 e. The van der Waals surface area contributed by atoms with E-state index in [1.165, 1.54) is 0 Å². The summed E-state index contributed by atoms with van der Waals surface area (Å²) in [5, 5.41) is 9.39. The predicted molar refractivity (Wildman–Crippen MR) is 66.7 cm³/mol. The lowest BCUT2D eigenvalue weighted by Crippen LogP contribution is -2.33. The molecule has 5 heteroatoms. The van der Waals surface area contributed by atoms with E-state index in [1.54, 1.807) is 11.2 Å². The molecular weight excluding hydrogens is 232 g/mol. The summed E-state index contributed by atoms with van der Waals surface area (Å²) in [7, 11) is 0. The highest BCUT2D eigenvalue weighted by molar-refractivity contribution is 5.78. The average molecular weight is 252 g/mol. The van der Waals surface area contributed by atoms with E-state index >= 15 is 0 Å². The molecule has 1 aromatic rings. The van der Waals surface area contributed by atoms with Crippen LogP contribution in [0, 0.1) is 11.8 Å². The highest BCUT2D eigenvalue weighted by atomic mass is 16.3. The second kappa shape index (κ2) is 6.02. The minimum atomic E-state index is 0.0247. The lowest BCUT2D eigenvalue weighted by Gasteiger charge is -2.22. The molecule has 2 rings (SSSR count). The van der Waals surface area contributed by atoms with Crippen LogP contribution in [-0.2, 0) is 11.2 Å². The molecule has 1 fully saturated rings. The molecule has 0 bridgehead atoms. The van der Waals surface area contributed by atoms with Crippen LogP contribution in [0.4, 0.5) is 0 Å². The zero-order valence-corrected chi connectivity index (χ0v) is 10.4. The third-order valence-electron chi connectivity index (χ3n) is 3.43. The van der Waals surface area contributed by atoms with Crippen LogP contribution in [0.25, 0.3) is 0 Å². The van der Waals surface area contributed by atoms with E-state index in [-0.39, 0.29) is 24.3 Å². The van der Waals surface area contributed by atoms with Crippen LogP contribution >= 0.6 is 0 Å². The zero-order chi connectivity index (χ0) is 13.0. The van der Waals surface area contributed by atoms with Gasteiger partial charge in [-0.25, -0.2) is 0 Å². The third kappa shape index (κ3) is 3.11. The van der Waals surface area contributed by atoms with Crippen molar-refractivity contribution in [2.75, 3.05) is 26.2 Å².